The number of aliphatic carboxylic acids is 1. The number of ketones is 2. The molecule has 39 heavy (non-hydrogen) atoms. The van der Waals surface area contributed by atoms with E-state index in [2.05, 4.69) is 15.6 Å². The number of nitrogens with one attached hydrogen (secondary N) is 2. The molecule has 3 amide bonds. The molecule has 0 aromatic heterocycles. The number of aliphatic hydroxyl groups excluding tert-OH is 1. The summed E-state index contributed by atoms with van der Waals surface area (Å²) >= 11 is 0. The van der Waals surface area contributed by atoms with E-state index in [1.54, 1.807) is 13.8 Å². The van der Waals surface area contributed by atoms with Gasteiger partial charge in [-0.3, -0.25) is 33.8 Å². The molecule has 222 valence electrons. The summed E-state index contributed by atoms with van der Waals surface area (Å²) in [5.74, 6) is -7.17. The van der Waals surface area contributed by atoms with Crippen LogP contribution in [-0.4, -0.2) is 76.7 Å². The van der Waals surface area contributed by atoms with Crippen molar-refractivity contribution >= 4 is 41.2 Å². The first-order chi connectivity index (χ1) is 18.1. The molecule has 14 nitrogen and oxygen atoms in total. The van der Waals surface area contributed by atoms with Gasteiger partial charge >= 0.3 is 5.97 Å². The number of hydrogen-bond acceptors (Lipinski definition) is 8. The molecule has 0 aliphatic rings. The van der Waals surface area contributed by atoms with Crippen LogP contribution in [0.3, 0.4) is 0 Å². The van der Waals surface area contributed by atoms with E-state index in [-0.39, 0.29) is 24.7 Å². The van der Waals surface area contributed by atoms with Gasteiger partial charge in [0.25, 0.3) is 0 Å². The summed E-state index contributed by atoms with van der Waals surface area (Å²) in [6.07, 6.45) is 0.0815. The van der Waals surface area contributed by atoms with E-state index in [0.717, 1.165) is 0 Å². The number of carbonyl (C=O) groups is 6. The summed E-state index contributed by atoms with van der Waals surface area (Å²) in [6.45, 7) is 6.24. The Hall–Kier alpha value is -3.55. The predicted molar refractivity (Wildman–Crippen MR) is 143 cm³/mol. The molecule has 0 fully saturated rings. The number of Topliss-reactive ketones (excluding diaryl/α,β-unsaturated/α-hetero) is 2. The van der Waals surface area contributed by atoms with Gasteiger partial charge in [0.2, 0.25) is 17.7 Å². The molecule has 10 N–H and O–H groups in total. The highest BCUT2D eigenvalue weighted by atomic mass is 16.4. The number of primary amides is 1. The van der Waals surface area contributed by atoms with Gasteiger partial charge in [-0.2, -0.15) is 0 Å². The fourth-order valence-corrected chi connectivity index (χ4v) is 3.78. The third-order valence-electron chi connectivity index (χ3n) is 6.58. The summed E-state index contributed by atoms with van der Waals surface area (Å²) in [5, 5.41) is 23.7. The summed E-state index contributed by atoms with van der Waals surface area (Å²) < 4.78 is 0. The summed E-state index contributed by atoms with van der Waals surface area (Å²) in [5.41, 5.74) is 15.9. The zero-order valence-corrected chi connectivity index (χ0v) is 23.1. The normalized spacial score (nSPS) is 15.5. The van der Waals surface area contributed by atoms with Crippen LogP contribution in [0.4, 0.5) is 0 Å². The van der Waals surface area contributed by atoms with Crippen molar-refractivity contribution in [2.45, 2.75) is 78.3 Å². The Morgan fingerprint density at radius 2 is 1.36 bits per heavy atom. The number of hydrogen-bond donors (Lipinski definition) is 7. The van der Waals surface area contributed by atoms with Crippen molar-refractivity contribution in [2.75, 3.05) is 13.2 Å². The zero-order valence-electron chi connectivity index (χ0n) is 23.1. The van der Waals surface area contributed by atoms with Crippen LogP contribution in [0.25, 0.3) is 0 Å². The number of aliphatic imine (C=N–C) groups is 1. The molecule has 0 rings (SSSR count). The van der Waals surface area contributed by atoms with Crippen LogP contribution in [0.15, 0.2) is 4.99 Å². The predicted octanol–water partition coefficient (Wildman–Crippen LogP) is -1.19. The van der Waals surface area contributed by atoms with E-state index < -0.39 is 78.1 Å². The van der Waals surface area contributed by atoms with E-state index in [1.807, 2.05) is 6.92 Å². The summed E-state index contributed by atoms with van der Waals surface area (Å²) in [4.78, 5) is 77.6. The third kappa shape index (κ3) is 13.7. The van der Waals surface area contributed by atoms with Gasteiger partial charge in [-0.1, -0.05) is 34.1 Å². The fraction of sp³-hybridized carbons (Fsp3) is 0.720. The van der Waals surface area contributed by atoms with E-state index in [0.29, 0.717) is 25.8 Å². The van der Waals surface area contributed by atoms with Crippen molar-refractivity contribution in [2.24, 2.45) is 45.9 Å². The zero-order chi connectivity index (χ0) is 30.3. The van der Waals surface area contributed by atoms with Crippen LogP contribution >= 0.6 is 0 Å². The standard InChI is InChI=1S/C25H44N6O8/c1-5-13(2)16(22(26)37)10-20(34)17(11-21(35)36)30-24(39)15(4)9-19(33)18(12-32)31-23(38)14(3)7-6-8-29-25(27)28/h13-18,32H,5-12H2,1-4H3,(H2,26,37)(H,30,39)(H,31,38)(H,35,36)(H4,27,28,29)/t13-,14-,15+,16-,17-,18-/m0/s1. The molecular weight excluding hydrogens is 512 g/mol. The Bertz CT molecular complexity index is 905. The van der Waals surface area contributed by atoms with E-state index in [4.69, 9.17) is 17.2 Å². The lowest BCUT2D eigenvalue weighted by atomic mass is 9.85. The van der Waals surface area contributed by atoms with Crippen molar-refractivity contribution in [3.63, 3.8) is 0 Å². The van der Waals surface area contributed by atoms with Crippen molar-refractivity contribution in [3.05, 3.63) is 0 Å². The van der Waals surface area contributed by atoms with Crippen LogP contribution in [0.5, 0.6) is 0 Å². The molecular formula is C25H44N6O8. The quantitative estimate of drug-likeness (QED) is 0.0536. The molecule has 0 bridgehead atoms. The van der Waals surface area contributed by atoms with Crippen molar-refractivity contribution in [3.8, 4) is 0 Å². The number of carboxylic acids is 1. The molecule has 0 aromatic rings. The second-order valence-corrected chi connectivity index (χ2v) is 9.89. The maximum atomic E-state index is 12.8. The van der Waals surface area contributed by atoms with Crippen LogP contribution < -0.4 is 27.8 Å². The van der Waals surface area contributed by atoms with Crippen LogP contribution in [0.2, 0.25) is 0 Å². The lowest BCUT2D eigenvalue weighted by Gasteiger charge is -2.24. The molecule has 0 aromatic carbocycles. The molecule has 0 saturated carbocycles. The molecule has 0 heterocycles. The largest absolute Gasteiger partial charge is 0.481 e. The van der Waals surface area contributed by atoms with Gasteiger partial charge in [0, 0.05) is 37.1 Å². The number of nitrogens with zero attached hydrogens (tertiary/aromatic N) is 1. The first-order valence-electron chi connectivity index (χ1n) is 13.0. The Labute approximate surface area is 228 Å². The third-order valence-corrected chi connectivity index (χ3v) is 6.58. The number of carboxylic acid groups (broad SMARTS) is 1. The average molecular weight is 557 g/mol. The minimum absolute atomic E-state index is 0.0594. The van der Waals surface area contributed by atoms with Gasteiger partial charge in [0.1, 0.15) is 6.04 Å². The highest BCUT2D eigenvalue weighted by Crippen LogP contribution is 2.20. The van der Waals surface area contributed by atoms with Gasteiger partial charge in [0.05, 0.1) is 19.1 Å². The summed E-state index contributed by atoms with van der Waals surface area (Å²) in [7, 11) is 0. The first-order valence-corrected chi connectivity index (χ1v) is 13.0. The first kappa shape index (κ1) is 35.5. The fourth-order valence-electron chi connectivity index (χ4n) is 3.78. The highest BCUT2D eigenvalue weighted by Gasteiger charge is 2.32. The molecule has 0 aliphatic carbocycles. The lowest BCUT2D eigenvalue weighted by molar-refractivity contribution is -0.141. The van der Waals surface area contributed by atoms with E-state index in [9.17, 15) is 39.0 Å². The van der Waals surface area contributed by atoms with Crippen molar-refractivity contribution in [1.29, 1.82) is 0 Å². The Balaban J connectivity index is 5.18. The van der Waals surface area contributed by atoms with Gasteiger partial charge < -0.3 is 38.0 Å². The minimum atomic E-state index is -1.42. The number of aliphatic hydroxyl groups is 1. The number of rotatable bonds is 20. The van der Waals surface area contributed by atoms with Crippen molar-refractivity contribution in [1.82, 2.24) is 10.6 Å². The summed E-state index contributed by atoms with van der Waals surface area (Å²) in [6, 6.07) is -2.68. The van der Waals surface area contributed by atoms with Crippen LogP contribution in [0.1, 0.15) is 66.2 Å². The number of guanidine groups is 1. The number of nitrogens with two attached hydrogens (primary N) is 3. The van der Waals surface area contributed by atoms with Crippen molar-refractivity contribution < 1.29 is 39.0 Å². The van der Waals surface area contributed by atoms with Gasteiger partial charge in [-0.15, -0.1) is 0 Å². The number of amides is 3. The maximum absolute atomic E-state index is 12.8. The molecule has 0 radical (unpaired) electrons. The molecule has 0 unspecified atom stereocenters. The van der Waals surface area contributed by atoms with Gasteiger partial charge in [0.15, 0.2) is 17.5 Å². The highest BCUT2D eigenvalue weighted by molar-refractivity contribution is 5.96. The Kier molecular flexibility index (Phi) is 16.2. The average Bonchev–Trinajstić information content (AvgIpc) is 2.85. The second-order valence-electron chi connectivity index (χ2n) is 9.89. The van der Waals surface area contributed by atoms with Gasteiger partial charge in [-0.25, -0.2) is 0 Å². The molecule has 0 spiro atoms. The Morgan fingerprint density at radius 3 is 1.85 bits per heavy atom. The molecule has 0 saturated heterocycles. The molecule has 0 aliphatic heterocycles. The van der Waals surface area contributed by atoms with Crippen LogP contribution in [0, 0.1) is 23.7 Å². The monoisotopic (exact) mass is 556 g/mol. The second kappa shape index (κ2) is 17.9. The van der Waals surface area contributed by atoms with E-state index >= 15 is 0 Å². The van der Waals surface area contributed by atoms with Gasteiger partial charge in [-0.05, 0) is 18.8 Å². The molecule has 6 atom stereocenters. The minimum Gasteiger partial charge on any atom is -0.481 e. The van der Waals surface area contributed by atoms with E-state index in [1.165, 1.54) is 6.92 Å². The van der Waals surface area contributed by atoms with Crippen LogP contribution in [-0.2, 0) is 28.8 Å². The lowest BCUT2D eigenvalue weighted by Crippen LogP contribution is -2.48. The molecule has 14 heteroatoms. The SMILES string of the molecule is CC[C@H](C)[C@H](CC(=O)[C@H](CC(=O)O)NC(=O)[C@H](C)CC(=O)[C@H](CO)NC(=O)[C@@H](C)CCCN=C(N)N)C(N)=O. The topological polar surface area (TPSA) is 257 Å². The number of carbonyl (C=O) groups excluding carboxylic acids is 5. The maximum Gasteiger partial charge on any atom is 0.305 e. The smallest absolute Gasteiger partial charge is 0.305 e. The Morgan fingerprint density at radius 1 is 0.821 bits per heavy atom.